The van der Waals surface area contributed by atoms with Gasteiger partial charge in [0.25, 0.3) is 0 Å². The highest BCUT2D eigenvalue weighted by molar-refractivity contribution is 5.77. The monoisotopic (exact) mass is 221 g/mol. The third-order valence-corrected chi connectivity index (χ3v) is 2.75. The molecule has 1 aliphatic rings. The molecule has 0 aliphatic heterocycles. The van der Waals surface area contributed by atoms with E-state index < -0.39 is 0 Å². The molecule has 4 nitrogen and oxygen atoms in total. The Balaban J connectivity index is 2.08. The van der Waals surface area contributed by atoms with Crippen molar-refractivity contribution in [2.45, 2.75) is 19.3 Å². The molecular formula is C12H15NO3. The summed E-state index contributed by atoms with van der Waals surface area (Å²) in [6.07, 6.45) is 2.53. The Hall–Kier alpha value is -1.58. The average molecular weight is 221 g/mol. The zero-order chi connectivity index (χ0) is 11.5. The summed E-state index contributed by atoms with van der Waals surface area (Å²) in [7, 11) is 1.61. The van der Waals surface area contributed by atoms with Crippen LogP contribution in [-0.4, -0.2) is 24.7 Å². The van der Waals surface area contributed by atoms with Crippen LogP contribution in [0.5, 0.6) is 5.75 Å². The van der Waals surface area contributed by atoms with Gasteiger partial charge in [0.1, 0.15) is 5.75 Å². The van der Waals surface area contributed by atoms with Crippen LogP contribution in [0.15, 0.2) is 18.3 Å². The van der Waals surface area contributed by atoms with Gasteiger partial charge in [0, 0.05) is 12.1 Å². The Morgan fingerprint density at radius 2 is 2.44 bits per heavy atom. The Morgan fingerprint density at radius 3 is 3.12 bits per heavy atom. The first-order valence-corrected chi connectivity index (χ1v) is 5.43. The number of carbonyl (C=O) groups excluding carboxylic acids is 1. The molecule has 1 aliphatic carbocycles. The molecule has 1 saturated carbocycles. The van der Waals surface area contributed by atoms with Crippen molar-refractivity contribution in [1.82, 2.24) is 4.98 Å². The molecule has 0 aromatic carbocycles. The second kappa shape index (κ2) is 4.51. The lowest BCUT2D eigenvalue weighted by Crippen LogP contribution is -2.07. The number of ether oxygens (including phenoxy) is 2. The zero-order valence-corrected chi connectivity index (χ0v) is 9.47. The topological polar surface area (TPSA) is 48.4 Å². The van der Waals surface area contributed by atoms with Crippen molar-refractivity contribution in [3.63, 3.8) is 0 Å². The Bertz CT molecular complexity index is 392. The first kappa shape index (κ1) is 10.9. The molecule has 0 amide bonds. The minimum atomic E-state index is -0.125. The summed E-state index contributed by atoms with van der Waals surface area (Å²) >= 11 is 0. The van der Waals surface area contributed by atoms with E-state index in [1.54, 1.807) is 13.3 Å². The molecule has 4 heteroatoms. The summed E-state index contributed by atoms with van der Waals surface area (Å²) < 4.78 is 10.2. The van der Waals surface area contributed by atoms with Gasteiger partial charge in [-0.15, -0.1) is 0 Å². The number of hydrogen-bond donors (Lipinski definition) is 0. The largest absolute Gasteiger partial charge is 0.495 e. The van der Waals surface area contributed by atoms with Crippen LogP contribution in [0.4, 0.5) is 0 Å². The smallest absolute Gasteiger partial charge is 0.309 e. The van der Waals surface area contributed by atoms with E-state index in [1.165, 1.54) is 0 Å². The van der Waals surface area contributed by atoms with Gasteiger partial charge in [-0.2, -0.15) is 0 Å². The molecular weight excluding hydrogens is 206 g/mol. The van der Waals surface area contributed by atoms with E-state index in [0.29, 0.717) is 6.61 Å². The molecule has 1 aromatic rings. The van der Waals surface area contributed by atoms with Gasteiger partial charge in [-0.1, -0.05) is 0 Å². The van der Waals surface area contributed by atoms with Gasteiger partial charge in [0.05, 0.1) is 25.3 Å². The van der Waals surface area contributed by atoms with Gasteiger partial charge in [0.2, 0.25) is 0 Å². The highest BCUT2D eigenvalue weighted by Gasteiger charge is 2.47. The summed E-state index contributed by atoms with van der Waals surface area (Å²) in [5.41, 5.74) is 0.864. The first-order valence-electron chi connectivity index (χ1n) is 5.43. The van der Waals surface area contributed by atoms with E-state index in [-0.39, 0.29) is 17.8 Å². The van der Waals surface area contributed by atoms with Crippen molar-refractivity contribution >= 4 is 5.97 Å². The number of hydrogen-bond acceptors (Lipinski definition) is 4. The standard InChI is InChI=1S/C12H15NO3/c1-3-16-12(14)9-7-8(9)11-10(15-2)5-4-6-13-11/h4-6,8-9H,3,7H2,1-2H3/t8-,9-/m0/s1. The minimum Gasteiger partial charge on any atom is -0.495 e. The van der Waals surface area contributed by atoms with E-state index in [2.05, 4.69) is 4.98 Å². The van der Waals surface area contributed by atoms with Crippen LogP contribution in [0.25, 0.3) is 0 Å². The fourth-order valence-electron chi connectivity index (χ4n) is 1.86. The Kier molecular flexibility index (Phi) is 3.08. The molecule has 0 spiro atoms. The molecule has 0 radical (unpaired) electrons. The van der Waals surface area contributed by atoms with E-state index in [4.69, 9.17) is 9.47 Å². The highest BCUT2D eigenvalue weighted by atomic mass is 16.5. The van der Waals surface area contributed by atoms with Gasteiger partial charge in [0.15, 0.2) is 0 Å². The molecule has 16 heavy (non-hydrogen) atoms. The van der Waals surface area contributed by atoms with E-state index in [9.17, 15) is 4.79 Å². The predicted octanol–water partition coefficient (Wildman–Crippen LogP) is 1.76. The quantitative estimate of drug-likeness (QED) is 0.727. The van der Waals surface area contributed by atoms with Gasteiger partial charge < -0.3 is 9.47 Å². The Morgan fingerprint density at radius 1 is 1.62 bits per heavy atom. The first-order chi connectivity index (χ1) is 7.77. The number of esters is 1. The molecule has 0 N–H and O–H groups in total. The third kappa shape index (κ3) is 2.01. The number of pyridine rings is 1. The van der Waals surface area contributed by atoms with Crippen LogP contribution in [0.2, 0.25) is 0 Å². The summed E-state index contributed by atoms with van der Waals surface area (Å²) in [5.74, 6) is 0.749. The molecule has 0 saturated heterocycles. The fraction of sp³-hybridized carbons (Fsp3) is 0.500. The van der Waals surface area contributed by atoms with Crippen LogP contribution < -0.4 is 4.74 Å². The third-order valence-electron chi connectivity index (χ3n) is 2.75. The van der Waals surface area contributed by atoms with Crippen molar-refractivity contribution in [1.29, 1.82) is 0 Å². The summed E-state index contributed by atoms with van der Waals surface area (Å²) in [6, 6.07) is 3.69. The minimum absolute atomic E-state index is 0.0382. The van der Waals surface area contributed by atoms with Crippen LogP contribution in [0.1, 0.15) is 25.0 Å². The number of nitrogens with zero attached hydrogens (tertiary/aromatic N) is 1. The van der Waals surface area contributed by atoms with E-state index in [1.807, 2.05) is 19.1 Å². The molecule has 1 fully saturated rings. The van der Waals surface area contributed by atoms with Gasteiger partial charge in [-0.25, -0.2) is 0 Å². The van der Waals surface area contributed by atoms with Crippen LogP contribution in [-0.2, 0) is 9.53 Å². The molecule has 86 valence electrons. The van der Waals surface area contributed by atoms with Gasteiger partial charge in [-0.3, -0.25) is 9.78 Å². The maximum atomic E-state index is 11.5. The summed E-state index contributed by atoms with van der Waals surface area (Å²) in [4.78, 5) is 15.8. The molecule has 0 bridgehead atoms. The van der Waals surface area contributed by atoms with Crippen molar-refractivity contribution in [3.8, 4) is 5.75 Å². The van der Waals surface area contributed by atoms with Gasteiger partial charge in [-0.05, 0) is 25.5 Å². The SMILES string of the molecule is CCOC(=O)[C@H]1C[C@@H]1c1ncccc1OC. The maximum absolute atomic E-state index is 11.5. The number of carbonyl (C=O) groups is 1. The second-order valence-electron chi connectivity index (χ2n) is 3.79. The van der Waals surface area contributed by atoms with Crippen molar-refractivity contribution in [3.05, 3.63) is 24.0 Å². The Labute approximate surface area is 94.6 Å². The van der Waals surface area contributed by atoms with Crippen LogP contribution >= 0.6 is 0 Å². The summed E-state index contributed by atoms with van der Waals surface area (Å²) in [6.45, 7) is 2.25. The van der Waals surface area contributed by atoms with Crippen molar-refractivity contribution in [2.24, 2.45) is 5.92 Å². The maximum Gasteiger partial charge on any atom is 0.309 e. The number of rotatable bonds is 4. The van der Waals surface area contributed by atoms with E-state index in [0.717, 1.165) is 17.9 Å². The lowest BCUT2D eigenvalue weighted by atomic mass is 10.2. The van der Waals surface area contributed by atoms with Gasteiger partial charge >= 0.3 is 5.97 Å². The van der Waals surface area contributed by atoms with Crippen LogP contribution in [0, 0.1) is 5.92 Å². The molecule has 2 atom stereocenters. The van der Waals surface area contributed by atoms with Crippen molar-refractivity contribution < 1.29 is 14.3 Å². The molecule has 2 rings (SSSR count). The van der Waals surface area contributed by atoms with Crippen molar-refractivity contribution in [2.75, 3.05) is 13.7 Å². The lowest BCUT2D eigenvalue weighted by molar-refractivity contribution is -0.144. The highest BCUT2D eigenvalue weighted by Crippen LogP contribution is 2.49. The summed E-state index contributed by atoms with van der Waals surface area (Å²) in [5, 5.41) is 0. The molecule has 1 heterocycles. The number of methoxy groups -OCH3 is 1. The van der Waals surface area contributed by atoms with Crippen LogP contribution in [0.3, 0.4) is 0 Å². The zero-order valence-electron chi connectivity index (χ0n) is 9.47. The fourth-order valence-corrected chi connectivity index (χ4v) is 1.86. The molecule has 0 unspecified atom stereocenters. The molecule has 1 aromatic heterocycles. The predicted molar refractivity (Wildman–Crippen MR) is 58.3 cm³/mol. The normalized spacial score (nSPS) is 22.6. The number of aromatic nitrogens is 1. The van der Waals surface area contributed by atoms with E-state index >= 15 is 0 Å². The second-order valence-corrected chi connectivity index (χ2v) is 3.79. The lowest BCUT2D eigenvalue weighted by Gasteiger charge is -2.06. The average Bonchev–Trinajstić information content (AvgIpc) is 3.09.